The minimum Gasteiger partial charge on any atom is -0.464 e. The first-order chi connectivity index (χ1) is 16.5. The van der Waals surface area contributed by atoms with Crippen LogP contribution in [0.3, 0.4) is 0 Å². The molecular weight excluding hydrogens is 430 g/mol. The van der Waals surface area contributed by atoms with Crippen molar-refractivity contribution in [2.45, 2.75) is 20.4 Å². The third kappa shape index (κ3) is 4.91. The highest BCUT2D eigenvalue weighted by Gasteiger charge is 2.26. The zero-order valence-electron chi connectivity index (χ0n) is 19.4. The Bertz CT molecular complexity index is 1300. The summed E-state index contributed by atoms with van der Waals surface area (Å²) >= 11 is 0. The van der Waals surface area contributed by atoms with Gasteiger partial charge >= 0.3 is 5.97 Å². The normalized spacial score (nSPS) is 10.9. The molecule has 1 aromatic carbocycles. The number of hydrogen-bond donors (Lipinski definition) is 2. The van der Waals surface area contributed by atoms with E-state index < -0.39 is 5.97 Å². The van der Waals surface area contributed by atoms with Gasteiger partial charge in [-0.25, -0.2) is 9.78 Å². The van der Waals surface area contributed by atoms with E-state index in [0.717, 1.165) is 17.8 Å². The Labute approximate surface area is 198 Å². The van der Waals surface area contributed by atoms with Crippen LogP contribution in [0.5, 0.6) is 0 Å². The highest BCUT2D eigenvalue weighted by molar-refractivity contribution is 6.14. The van der Waals surface area contributed by atoms with Crippen LogP contribution < -0.4 is 10.6 Å². The molecule has 0 atom stereocenters. The molecule has 174 valence electrons. The van der Waals surface area contributed by atoms with Crippen LogP contribution in [-0.2, 0) is 11.3 Å². The number of anilines is 2. The summed E-state index contributed by atoms with van der Waals surface area (Å²) in [5, 5.41) is 6.92. The number of rotatable bonds is 8. The maximum Gasteiger partial charge on any atom is 0.356 e. The van der Waals surface area contributed by atoms with Crippen LogP contribution in [0, 0.1) is 5.92 Å². The first-order valence-electron chi connectivity index (χ1n) is 11.1. The van der Waals surface area contributed by atoms with Gasteiger partial charge in [0.25, 0.3) is 5.91 Å². The number of aromatic nitrogens is 3. The number of nitrogens with zero attached hydrogens (tertiary/aromatic N) is 3. The van der Waals surface area contributed by atoms with Crippen molar-refractivity contribution in [3.63, 3.8) is 0 Å². The van der Waals surface area contributed by atoms with Crippen LogP contribution in [0.25, 0.3) is 11.0 Å². The molecule has 0 saturated heterocycles. The Hall–Kier alpha value is -4.20. The summed E-state index contributed by atoms with van der Waals surface area (Å²) in [5.74, 6) is -0.501. The maximum absolute atomic E-state index is 13.0. The lowest BCUT2D eigenvalue weighted by molar-refractivity contribution is 0.0591. The molecule has 4 rings (SSSR count). The van der Waals surface area contributed by atoms with E-state index in [1.807, 2.05) is 36.4 Å². The fourth-order valence-corrected chi connectivity index (χ4v) is 3.68. The van der Waals surface area contributed by atoms with Crippen molar-refractivity contribution in [3.05, 3.63) is 83.9 Å². The van der Waals surface area contributed by atoms with Gasteiger partial charge < -0.3 is 19.9 Å². The third-order valence-electron chi connectivity index (χ3n) is 5.34. The van der Waals surface area contributed by atoms with E-state index in [1.165, 1.54) is 13.3 Å². The van der Waals surface area contributed by atoms with Crippen LogP contribution in [0.4, 0.5) is 11.4 Å². The number of nitrogens with one attached hydrogen (secondary N) is 2. The van der Waals surface area contributed by atoms with Gasteiger partial charge in [0.2, 0.25) is 0 Å². The summed E-state index contributed by atoms with van der Waals surface area (Å²) in [6.07, 6.45) is 4.81. The van der Waals surface area contributed by atoms with Gasteiger partial charge in [-0.2, -0.15) is 0 Å². The van der Waals surface area contributed by atoms with Crippen LogP contribution >= 0.6 is 0 Å². The van der Waals surface area contributed by atoms with E-state index in [4.69, 9.17) is 4.74 Å². The standard InChI is InChI=1S/C26H27N5O3/c1-17(2)13-28-20-12-21-22(30-25(32)19-10-7-11-27-14-19)23(26(33)34-3)31(24(21)29-15-20)16-18-8-5-4-6-9-18/h4-12,14-15,17,28H,13,16H2,1-3H3,(H,30,32). The molecule has 0 spiro atoms. The van der Waals surface area contributed by atoms with Crippen molar-refractivity contribution in [1.29, 1.82) is 0 Å². The number of esters is 1. The number of fused-ring (bicyclic) bond motifs is 1. The molecule has 8 heteroatoms. The molecule has 8 nitrogen and oxygen atoms in total. The average molecular weight is 458 g/mol. The predicted molar refractivity (Wildman–Crippen MR) is 132 cm³/mol. The first-order valence-corrected chi connectivity index (χ1v) is 11.1. The van der Waals surface area contributed by atoms with Crippen molar-refractivity contribution < 1.29 is 14.3 Å². The molecule has 0 aliphatic heterocycles. The van der Waals surface area contributed by atoms with Crippen LogP contribution in [0.2, 0.25) is 0 Å². The van der Waals surface area contributed by atoms with E-state index in [0.29, 0.717) is 34.7 Å². The lowest BCUT2D eigenvalue weighted by Gasteiger charge is -2.11. The lowest BCUT2D eigenvalue weighted by atomic mass is 10.2. The summed E-state index contributed by atoms with van der Waals surface area (Å²) in [7, 11) is 1.32. The van der Waals surface area contributed by atoms with Gasteiger partial charge in [0.15, 0.2) is 5.69 Å². The Kier molecular flexibility index (Phi) is 6.87. The number of ether oxygens (including phenoxy) is 1. The van der Waals surface area contributed by atoms with Gasteiger partial charge in [0.05, 0.1) is 30.2 Å². The van der Waals surface area contributed by atoms with Crippen LogP contribution in [0.1, 0.15) is 40.3 Å². The fraction of sp³-hybridized carbons (Fsp3) is 0.231. The van der Waals surface area contributed by atoms with Crippen molar-refractivity contribution in [2.24, 2.45) is 5.92 Å². The second kappa shape index (κ2) is 10.2. The SMILES string of the molecule is COC(=O)c1c(NC(=O)c2cccnc2)c2cc(NCC(C)C)cnc2n1Cc1ccccc1. The lowest BCUT2D eigenvalue weighted by Crippen LogP contribution is -2.17. The maximum atomic E-state index is 13.0. The fourth-order valence-electron chi connectivity index (χ4n) is 3.68. The molecule has 0 radical (unpaired) electrons. The van der Waals surface area contributed by atoms with Gasteiger partial charge in [-0.1, -0.05) is 44.2 Å². The topological polar surface area (TPSA) is 98.1 Å². The molecule has 0 saturated carbocycles. The number of methoxy groups -OCH3 is 1. The van der Waals surface area contributed by atoms with Crippen molar-refractivity contribution in [1.82, 2.24) is 14.5 Å². The van der Waals surface area contributed by atoms with E-state index in [-0.39, 0.29) is 11.6 Å². The average Bonchev–Trinajstić information content (AvgIpc) is 3.15. The zero-order valence-corrected chi connectivity index (χ0v) is 19.4. The summed E-state index contributed by atoms with van der Waals surface area (Å²) in [6.45, 7) is 5.38. The Morgan fingerprint density at radius 2 is 1.88 bits per heavy atom. The van der Waals surface area contributed by atoms with Gasteiger partial charge in [-0.3, -0.25) is 9.78 Å². The third-order valence-corrected chi connectivity index (χ3v) is 5.34. The molecule has 0 fully saturated rings. The number of pyridine rings is 2. The summed E-state index contributed by atoms with van der Waals surface area (Å²) in [5.41, 5.74) is 3.31. The van der Waals surface area contributed by atoms with E-state index in [2.05, 4.69) is 34.4 Å². The molecule has 34 heavy (non-hydrogen) atoms. The van der Waals surface area contributed by atoms with Crippen LogP contribution in [0.15, 0.2) is 67.1 Å². The molecule has 0 bridgehead atoms. The minimum atomic E-state index is -0.563. The number of hydrogen-bond acceptors (Lipinski definition) is 6. The molecule has 0 aliphatic carbocycles. The quantitative estimate of drug-likeness (QED) is 0.376. The highest BCUT2D eigenvalue weighted by Crippen LogP contribution is 2.33. The summed E-state index contributed by atoms with van der Waals surface area (Å²) in [4.78, 5) is 34.7. The number of benzene rings is 1. The molecule has 0 unspecified atom stereocenters. The Morgan fingerprint density at radius 3 is 2.56 bits per heavy atom. The van der Waals surface area contributed by atoms with Crippen molar-refractivity contribution >= 4 is 34.3 Å². The number of amides is 1. The summed E-state index contributed by atoms with van der Waals surface area (Å²) < 4.78 is 6.89. The van der Waals surface area contributed by atoms with Gasteiger partial charge in [0, 0.05) is 30.9 Å². The number of carbonyl (C=O) groups excluding carboxylic acids is 2. The molecule has 3 aromatic heterocycles. The highest BCUT2D eigenvalue weighted by atomic mass is 16.5. The molecular formula is C26H27N5O3. The van der Waals surface area contributed by atoms with Gasteiger partial charge in [-0.05, 0) is 29.7 Å². The molecule has 3 heterocycles. The monoisotopic (exact) mass is 457 g/mol. The largest absolute Gasteiger partial charge is 0.464 e. The second-order valence-corrected chi connectivity index (χ2v) is 8.35. The molecule has 4 aromatic rings. The van der Waals surface area contributed by atoms with E-state index in [9.17, 15) is 9.59 Å². The zero-order chi connectivity index (χ0) is 24.1. The van der Waals surface area contributed by atoms with Gasteiger partial charge in [-0.15, -0.1) is 0 Å². The minimum absolute atomic E-state index is 0.229. The van der Waals surface area contributed by atoms with Crippen LogP contribution in [-0.4, -0.2) is 40.1 Å². The Morgan fingerprint density at radius 1 is 1.09 bits per heavy atom. The number of carbonyl (C=O) groups is 2. The van der Waals surface area contributed by atoms with Gasteiger partial charge in [0.1, 0.15) is 5.65 Å². The Balaban J connectivity index is 1.88. The first kappa shape index (κ1) is 23.0. The van der Waals surface area contributed by atoms with E-state index in [1.54, 1.807) is 29.1 Å². The second-order valence-electron chi connectivity index (χ2n) is 8.35. The smallest absolute Gasteiger partial charge is 0.356 e. The molecule has 0 aliphatic rings. The summed E-state index contributed by atoms with van der Waals surface area (Å²) in [6, 6.07) is 15.0. The van der Waals surface area contributed by atoms with Crippen molar-refractivity contribution in [2.75, 3.05) is 24.3 Å². The molecule has 2 N–H and O–H groups in total. The van der Waals surface area contributed by atoms with E-state index >= 15 is 0 Å². The predicted octanol–water partition coefficient (Wildman–Crippen LogP) is 4.59. The molecule has 1 amide bonds. The van der Waals surface area contributed by atoms with Crippen molar-refractivity contribution in [3.8, 4) is 0 Å².